The zero-order valence-corrected chi connectivity index (χ0v) is 11.7. The molecule has 4 heteroatoms. The van der Waals surface area contributed by atoms with Gasteiger partial charge in [0.25, 0.3) is 0 Å². The van der Waals surface area contributed by atoms with Crippen molar-refractivity contribution in [1.29, 1.82) is 0 Å². The van der Waals surface area contributed by atoms with Gasteiger partial charge in [-0.15, -0.1) is 0 Å². The lowest BCUT2D eigenvalue weighted by molar-refractivity contribution is 0.112. The molecule has 0 spiro atoms. The number of aldehydes is 1. The van der Waals surface area contributed by atoms with Gasteiger partial charge in [0.05, 0.1) is 32.5 Å². The van der Waals surface area contributed by atoms with Gasteiger partial charge in [0.1, 0.15) is 17.2 Å². The van der Waals surface area contributed by atoms with Crippen molar-refractivity contribution in [3.05, 3.63) is 42.0 Å². The summed E-state index contributed by atoms with van der Waals surface area (Å²) in [5, 5.41) is 0. The molecule has 2 rings (SSSR count). The molecule has 0 aliphatic rings. The van der Waals surface area contributed by atoms with Crippen molar-refractivity contribution in [2.45, 2.75) is 0 Å². The molecule has 0 bridgehead atoms. The Morgan fingerprint density at radius 2 is 1.45 bits per heavy atom. The first-order chi connectivity index (χ1) is 9.74. The van der Waals surface area contributed by atoms with Crippen LogP contribution in [0.15, 0.2) is 36.4 Å². The molecule has 2 aromatic rings. The van der Waals surface area contributed by atoms with Crippen LogP contribution >= 0.6 is 0 Å². The maximum absolute atomic E-state index is 11.1. The minimum Gasteiger partial charge on any atom is -0.496 e. The molecule has 0 amide bonds. The van der Waals surface area contributed by atoms with Gasteiger partial charge in [-0.1, -0.05) is 12.1 Å². The Balaban J connectivity index is 2.64. The van der Waals surface area contributed by atoms with E-state index in [1.807, 2.05) is 24.3 Å². The zero-order valence-electron chi connectivity index (χ0n) is 11.7. The van der Waals surface area contributed by atoms with E-state index >= 15 is 0 Å². The van der Waals surface area contributed by atoms with Gasteiger partial charge in [0, 0.05) is 0 Å². The van der Waals surface area contributed by atoms with Crippen molar-refractivity contribution in [2.75, 3.05) is 21.3 Å². The number of rotatable bonds is 5. The predicted molar refractivity (Wildman–Crippen MR) is 76.9 cm³/mol. The largest absolute Gasteiger partial charge is 0.496 e. The molecule has 0 N–H and O–H groups in total. The third-order valence-electron chi connectivity index (χ3n) is 3.07. The first-order valence-corrected chi connectivity index (χ1v) is 6.09. The fourth-order valence-electron chi connectivity index (χ4n) is 2.12. The smallest absolute Gasteiger partial charge is 0.153 e. The number of methoxy groups -OCH3 is 3. The van der Waals surface area contributed by atoms with Crippen LogP contribution in [0, 0.1) is 0 Å². The lowest BCUT2D eigenvalue weighted by atomic mass is 10.0. The maximum atomic E-state index is 11.1. The third kappa shape index (κ3) is 2.45. The molecular formula is C16H16O4. The van der Waals surface area contributed by atoms with Crippen LogP contribution in [0.1, 0.15) is 10.4 Å². The van der Waals surface area contributed by atoms with Gasteiger partial charge in [-0.05, 0) is 29.8 Å². The Kier molecular flexibility index (Phi) is 4.25. The Hall–Kier alpha value is -2.49. The first kappa shape index (κ1) is 13.9. The van der Waals surface area contributed by atoms with Crippen LogP contribution in [-0.2, 0) is 0 Å². The van der Waals surface area contributed by atoms with Gasteiger partial charge in [-0.3, -0.25) is 4.79 Å². The highest BCUT2D eigenvalue weighted by Crippen LogP contribution is 2.39. The average molecular weight is 272 g/mol. The van der Waals surface area contributed by atoms with Gasteiger partial charge in [0.2, 0.25) is 0 Å². The van der Waals surface area contributed by atoms with E-state index in [1.165, 1.54) is 7.11 Å². The minimum absolute atomic E-state index is 0.484. The summed E-state index contributed by atoms with van der Waals surface area (Å²) in [7, 11) is 4.73. The highest BCUT2D eigenvalue weighted by Gasteiger charge is 2.14. The van der Waals surface area contributed by atoms with Crippen molar-refractivity contribution in [1.82, 2.24) is 0 Å². The van der Waals surface area contributed by atoms with Gasteiger partial charge in [-0.2, -0.15) is 0 Å². The monoisotopic (exact) mass is 272 g/mol. The van der Waals surface area contributed by atoms with E-state index in [4.69, 9.17) is 14.2 Å². The Labute approximate surface area is 117 Å². The summed E-state index contributed by atoms with van der Waals surface area (Å²) >= 11 is 0. The topological polar surface area (TPSA) is 44.8 Å². The molecule has 0 saturated carbocycles. The number of benzene rings is 2. The number of hydrogen-bond acceptors (Lipinski definition) is 4. The summed E-state index contributed by atoms with van der Waals surface area (Å²) in [6, 6.07) is 10.9. The highest BCUT2D eigenvalue weighted by atomic mass is 16.5. The summed E-state index contributed by atoms with van der Waals surface area (Å²) in [5.74, 6) is 1.91. The molecule has 0 aliphatic heterocycles. The molecule has 0 aliphatic carbocycles. The van der Waals surface area contributed by atoms with Crippen LogP contribution in [-0.4, -0.2) is 27.6 Å². The minimum atomic E-state index is 0.484. The molecule has 104 valence electrons. The van der Waals surface area contributed by atoms with E-state index in [0.29, 0.717) is 22.8 Å². The summed E-state index contributed by atoms with van der Waals surface area (Å²) in [6.07, 6.45) is 0.768. The van der Waals surface area contributed by atoms with E-state index < -0.39 is 0 Å². The van der Waals surface area contributed by atoms with Gasteiger partial charge >= 0.3 is 0 Å². The van der Waals surface area contributed by atoms with E-state index in [9.17, 15) is 4.79 Å². The van der Waals surface area contributed by atoms with Crippen LogP contribution in [0.4, 0.5) is 0 Å². The van der Waals surface area contributed by atoms with Gasteiger partial charge < -0.3 is 14.2 Å². The number of hydrogen-bond donors (Lipinski definition) is 0. The fourth-order valence-corrected chi connectivity index (χ4v) is 2.12. The second kappa shape index (κ2) is 6.10. The predicted octanol–water partition coefficient (Wildman–Crippen LogP) is 3.19. The second-order valence-electron chi connectivity index (χ2n) is 4.11. The molecule has 0 aromatic heterocycles. The Morgan fingerprint density at radius 1 is 0.850 bits per heavy atom. The number of carbonyl (C=O) groups excluding carboxylic acids is 1. The lowest BCUT2D eigenvalue weighted by Gasteiger charge is -2.14. The summed E-state index contributed by atoms with van der Waals surface area (Å²) in [4.78, 5) is 11.1. The molecule has 0 radical (unpaired) electrons. The van der Waals surface area contributed by atoms with Crippen molar-refractivity contribution in [2.24, 2.45) is 0 Å². The maximum Gasteiger partial charge on any atom is 0.153 e. The first-order valence-electron chi connectivity index (χ1n) is 6.09. The molecule has 20 heavy (non-hydrogen) atoms. The fraction of sp³-hybridized carbons (Fsp3) is 0.188. The van der Waals surface area contributed by atoms with Crippen molar-refractivity contribution in [3.63, 3.8) is 0 Å². The number of ether oxygens (including phenoxy) is 3. The molecule has 0 atom stereocenters. The van der Waals surface area contributed by atoms with Crippen LogP contribution in [0.25, 0.3) is 11.1 Å². The van der Waals surface area contributed by atoms with Crippen LogP contribution in [0.2, 0.25) is 0 Å². The standard InChI is InChI=1S/C16H16O4/c1-18-13-8-7-11(9-12(13)10-17)16-14(19-2)5-4-6-15(16)20-3/h4-10H,1-3H3. The highest BCUT2D eigenvalue weighted by molar-refractivity contribution is 5.85. The molecule has 0 heterocycles. The van der Waals surface area contributed by atoms with Gasteiger partial charge in [-0.25, -0.2) is 0 Å². The van der Waals surface area contributed by atoms with Crippen molar-refractivity contribution >= 4 is 6.29 Å². The average Bonchev–Trinajstić information content (AvgIpc) is 2.53. The summed E-state index contributed by atoms with van der Waals surface area (Å²) in [6.45, 7) is 0. The molecule has 4 nitrogen and oxygen atoms in total. The molecule has 0 unspecified atom stereocenters. The molecular weight excluding hydrogens is 256 g/mol. The van der Waals surface area contributed by atoms with E-state index in [-0.39, 0.29) is 0 Å². The third-order valence-corrected chi connectivity index (χ3v) is 3.07. The lowest BCUT2D eigenvalue weighted by Crippen LogP contribution is -1.95. The van der Waals surface area contributed by atoms with Crippen LogP contribution in [0.5, 0.6) is 17.2 Å². The van der Waals surface area contributed by atoms with Crippen molar-refractivity contribution < 1.29 is 19.0 Å². The quantitative estimate of drug-likeness (QED) is 0.784. The van der Waals surface area contributed by atoms with Crippen LogP contribution in [0.3, 0.4) is 0 Å². The van der Waals surface area contributed by atoms with Gasteiger partial charge in [0.15, 0.2) is 6.29 Å². The normalized spacial score (nSPS) is 9.95. The molecule has 0 fully saturated rings. The van der Waals surface area contributed by atoms with Crippen LogP contribution < -0.4 is 14.2 Å². The zero-order chi connectivity index (χ0) is 14.5. The summed E-state index contributed by atoms with van der Waals surface area (Å²) in [5.41, 5.74) is 2.13. The van der Waals surface area contributed by atoms with E-state index in [0.717, 1.165) is 17.4 Å². The summed E-state index contributed by atoms with van der Waals surface area (Å²) < 4.78 is 15.9. The second-order valence-corrected chi connectivity index (χ2v) is 4.11. The molecule has 2 aromatic carbocycles. The van der Waals surface area contributed by atoms with Crippen molar-refractivity contribution in [3.8, 4) is 28.4 Å². The SMILES string of the molecule is COc1ccc(-c2c(OC)cccc2OC)cc1C=O. The van der Waals surface area contributed by atoms with E-state index in [2.05, 4.69) is 0 Å². The number of carbonyl (C=O) groups is 1. The Bertz CT molecular complexity index is 598. The molecule has 0 saturated heterocycles. The van der Waals surface area contributed by atoms with E-state index in [1.54, 1.807) is 26.4 Å². The Morgan fingerprint density at radius 3 is 1.95 bits per heavy atom.